The summed E-state index contributed by atoms with van der Waals surface area (Å²) in [5, 5.41) is 5.61. The van der Waals surface area contributed by atoms with Crippen molar-refractivity contribution in [1.29, 1.82) is 0 Å². The van der Waals surface area contributed by atoms with E-state index in [0.29, 0.717) is 21.9 Å². The average Bonchev–Trinajstić information content (AvgIpc) is 3.68. The minimum absolute atomic E-state index is 0.0147. The third-order valence-electron chi connectivity index (χ3n) is 9.29. The normalized spacial score (nSPS) is 11.9. The first-order chi connectivity index (χ1) is 23.2. The summed E-state index contributed by atoms with van der Waals surface area (Å²) in [5.74, 6) is 0. The molecule has 6 aromatic carbocycles. The van der Waals surface area contributed by atoms with Gasteiger partial charge in [0.25, 0.3) is 0 Å². The summed E-state index contributed by atoms with van der Waals surface area (Å²) in [6.07, 6.45) is 3.77. The van der Waals surface area contributed by atoms with Gasteiger partial charge >= 0.3 is 0 Å². The number of rotatable bonds is 3. The molecule has 0 saturated carbocycles. The Labute approximate surface area is 267 Å². The number of furan rings is 1. The number of fused-ring (bicyclic) bond motifs is 9. The molecule has 0 spiro atoms. The van der Waals surface area contributed by atoms with Gasteiger partial charge in [0.1, 0.15) is 16.7 Å². The van der Waals surface area contributed by atoms with Gasteiger partial charge in [-0.1, -0.05) is 72.8 Å². The first kappa shape index (κ1) is 25.8. The van der Waals surface area contributed by atoms with Gasteiger partial charge in [0, 0.05) is 33.4 Å². The van der Waals surface area contributed by atoms with E-state index >= 15 is 0 Å². The average molecular weight is 605 g/mol. The molecule has 10 aromatic rings. The van der Waals surface area contributed by atoms with Crippen molar-refractivity contribution in [3.05, 3.63) is 156 Å². The summed E-state index contributed by atoms with van der Waals surface area (Å²) in [7, 11) is 0. The maximum atomic E-state index is 13.1. The predicted molar refractivity (Wildman–Crippen MR) is 190 cm³/mol. The molecule has 220 valence electrons. The molecule has 0 unspecified atom stereocenters. The molecule has 0 aliphatic carbocycles. The molecular formula is C42H24N2O3. The van der Waals surface area contributed by atoms with Crippen molar-refractivity contribution in [1.82, 2.24) is 9.55 Å². The van der Waals surface area contributed by atoms with E-state index in [0.717, 1.165) is 71.7 Å². The Bertz CT molecular complexity index is 2950. The molecule has 0 saturated heterocycles. The van der Waals surface area contributed by atoms with Gasteiger partial charge in [0.15, 0.2) is 5.58 Å². The van der Waals surface area contributed by atoms with Gasteiger partial charge in [-0.05, 0) is 82.9 Å². The van der Waals surface area contributed by atoms with Crippen LogP contribution in [0, 0.1) is 0 Å². The molecule has 0 aliphatic rings. The minimum Gasteiger partial charge on any atom is -0.456 e. The fourth-order valence-electron chi connectivity index (χ4n) is 7.08. The molecule has 0 amide bonds. The minimum atomic E-state index is -0.0147. The van der Waals surface area contributed by atoms with Crippen LogP contribution in [0.15, 0.2) is 159 Å². The molecule has 4 aromatic heterocycles. The van der Waals surface area contributed by atoms with E-state index in [-0.39, 0.29) is 5.43 Å². The number of benzene rings is 6. The lowest BCUT2D eigenvalue weighted by Crippen LogP contribution is -2.01. The summed E-state index contributed by atoms with van der Waals surface area (Å²) >= 11 is 0. The van der Waals surface area contributed by atoms with Gasteiger partial charge in [0.2, 0.25) is 5.43 Å². The van der Waals surface area contributed by atoms with Crippen LogP contribution >= 0.6 is 0 Å². The third kappa shape index (κ3) is 3.83. The molecule has 5 heteroatoms. The molecule has 0 bridgehead atoms. The van der Waals surface area contributed by atoms with Gasteiger partial charge in [-0.15, -0.1) is 0 Å². The van der Waals surface area contributed by atoms with Crippen molar-refractivity contribution in [3.8, 4) is 27.9 Å². The number of pyridine rings is 1. The Morgan fingerprint density at radius 1 is 0.489 bits per heavy atom. The number of aromatic nitrogens is 2. The zero-order valence-electron chi connectivity index (χ0n) is 25.0. The molecule has 4 heterocycles. The molecule has 47 heavy (non-hydrogen) atoms. The van der Waals surface area contributed by atoms with Crippen molar-refractivity contribution < 1.29 is 8.83 Å². The highest BCUT2D eigenvalue weighted by molar-refractivity contribution is 6.21. The Hall–Kier alpha value is -6.46. The Kier molecular flexibility index (Phi) is 5.37. The quantitative estimate of drug-likeness (QED) is 0.188. The van der Waals surface area contributed by atoms with Crippen LogP contribution in [0.4, 0.5) is 0 Å². The summed E-state index contributed by atoms with van der Waals surface area (Å²) in [6.45, 7) is 0. The van der Waals surface area contributed by atoms with Crippen LogP contribution in [-0.2, 0) is 0 Å². The summed E-state index contributed by atoms with van der Waals surface area (Å²) in [4.78, 5) is 17.6. The van der Waals surface area contributed by atoms with Crippen LogP contribution in [0.25, 0.3) is 93.6 Å². The first-order valence-electron chi connectivity index (χ1n) is 15.6. The maximum Gasteiger partial charge on any atom is 0.200 e. The van der Waals surface area contributed by atoms with Crippen LogP contribution in [0.1, 0.15) is 0 Å². The summed E-state index contributed by atoms with van der Waals surface area (Å²) in [6, 6.07) is 44.9. The molecule has 0 N–H and O–H groups in total. The molecule has 5 nitrogen and oxygen atoms in total. The SMILES string of the molecule is O=c1c2ccccc2oc2cc(-c3cccc(-c4cccc(-n5c6cnccc6c6ccc7c8ccccc8oc7c65)c4)c3)ccc12. The Morgan fingerprint density at radius 3 is 2.00 bits per heavy atom. The number of para-hydroxylation sites is 2. The fraction of sp³-hybridized carbons (Fsp3) is 0. The van der Waals surface area contributed by atoms with Crippen molar-refractivity contribution in [2.24, 2.45) is 0 Å². The van der Waals surface area contributed by atoms with Gasteiger partial charge < -0.3 is 13.4 Å². The van der Waals surface area contributed by atoms with E-state index < -0.39 is 0 Å². The molecule has 10 rings (SSSR count). The second kappa shape index (κ2) is 9.77. The highest BCUT2D eigenvalue weighted by Crippen LogP contribution is 2.40. The fourth-order valence-corrected chi connectivity index (χ4v) is 7.08. The summed E-state index contributed by atoms with van der Waals surface area (Å²) < 4.78 is 15.0. The molecule has 0 atom stereocenters. The number of nitrogens with zero attached hydrogens (tertiary/aromatic N) is 2. The monoisotopic (exact) mass is 604 g/mol. The lowest BCUT2D eigenvalue weighted by Gasteiger charge is -2.11. The zero-order chi connectivity index (χ0) is 31.1. The van der Waals surface area contributed by atoms with E-state index in [4.69, 9.17) is 8.83 Å². The van der Waals surface area contributed by atoms with Gasteiger partial charge in [0.05, 0.1) is 28.0 Å². The van der Waals surface area contributed by atoms with Crippen LogP contribution in [0.2, 0.25) is 0 Å². The Morgan fingerprint density at radius 2 is 1.15 bits per heavy atom. The van der Waals surface area contributed by atoms with Crippen molar-refractivity contribution in [3.63, 3.8) is 0 Å². The van der Waals surface area contributed by atoms with E-state index in [1.807, 2.05) is 67.0 Å². The van der Waals surface area contributed by atoms with Gasteiger partial charge in [-0.3, -0.25) is 9.78 Å². The van der Waals surface area contributed by atoms with E-state index in [1.54, 1.807) is 6.07 Å². The van der Waals surface area contributed by atoms with E-state index in [9.17, 15) is 4.79 Å². The van der Waals surface area contributed by atoms with E-state index in [1.165, 1.54) is 0 Å². The molecular weight excluding hydrogens is 580 g/mol. The van der Waals surface area contributed by atoms with Gasteiger partial charge in [-0.2, -0.15) is 0 Å². The predicted octanol–water partition coefficient (Wildman–Crippen LogP) is 10.7. The van der Waals surface area contributed by atoms with Crippen LogP contribution < -0.4 is 5.43 Å². The summed E-state index contributed by atoms with van der Waals surface area (Å²) in [5.41, 5.74) is 10.1. The van der Waals surface area contributed by atoms with Crippen molar-refractivity contribution in [2.45, 2.75) is 0 Å². The standard InChI is InChI=1S/C42H24N2O3/c45-41-34-12-2-4-14-38(34)46-39-23-28(15-16-35(39)41)26-8-5-7-25(21-26)27-9-6-10-29(22-27)44-36-24-43-20-19-30(36)32-17-18-33-31-11-1-3-13-37(31)47-42(33)40(32)44/h1-24H. The second-order valence-electron chi connectivity index (χ2n) is 11.9. The molecule has 0 aliphatic heterocycles. The van der Waals surface area contributed by atoms with Crippen LogP contribution in [0.3, 0.4) is 0 Å². The third-order valence-corrected chi connectivity index (χ3v) is 9.29. The second-order valence-corrected chi connectivity index (χ2v) is 11.9. The lowest BCUT2D eigenvalue weighted by atomic mass is 9.98. The maximum absolute atomic E-state index is 13.1. The highest BCUT2D eigenvalue weighted by atomic mass is 16.3. The first-order valence-corrected chi connectivity index (χ1v) is 15.6. The van der Waals surface area contributed by atoms with Gasteiger partial charge in [-0.25, -0.2) is 0 Å². The van der Waals surface area contributed by atoms with E-state index in [2.05, 4.69) is 82.3 Å². The van der Waals surface area contributed by atoms with Crippen LogP contribution in [0.5, 0.6) is 0 Å². The number of hydrogen-bond acceptors (Lipinski definition) is 4. The molecule has 0 fully saturated rings. The van der Waals surface area contributed by atoms with Crippen LogP contribution in [-0.4, -0.2) is 9.55 Å². The molecule has 0 radical (unpaired) electrons. The highest BCUT2D eigenvalue weighted by Gasteiger charge is 2.19. The Balaban J connectivity index is 1.14. The van der Waals surface area contributed by atoms with Crippen molar-refractivity contribution >= 4 is 65.7 Å². The number of hydrogen-bond donors (Lipinski definition) is 0. The lowest BCUT2D eigenvalue weighted by molar-refractivity contribution is 0.660. The smallest absolute Gasteiger partial charge is 0.200 e. The largest absolute Gasteiger partial charge is 0.456 e. The topological polar surface area (TPSA) is 61.2 Å². The van der Waals surface area contributed by atoms with Crippen molar-refractivity contribution in [2.75, 3.05) is 0 Å². The zero-order valence-corrected chi connectivity index (χ0v) is 25.0.